The number of methoxy groups -OCH3 is 1. The van der Waals surface area contributed by atoms with Crippen LogP contribution in [-0.4, -0.2) is 31.8 Å². The minimum Gasteiger partial charge on any atom is -0.458 e. The Labute approximate surface area is 105 Å². The number of carbonyl (C=O) groups excluding carboxylic acids is 1. The standard InChI is InChI=1S/C13H27NO3/c1-12(2,3)10(14)9(8-16-7)17-11(15)13(4,5)6/h9-10H,8,14H2,1-7H3. The van der Waals surface area contributed by atoms with Crippen LogP contribution < -0.4 is 5.73 Å². The van der Waals surface area contributed by atoms with Gasteiger partial charge in [0.15, 0.2) is 0 Å². The zero-order valence-electron chi connectivity index (χ0n) is 12.2. The monoisotopic (exact) mass is 245 g/mol. The van der Waals surface area contributed by atoms with Gasteiger partial charge in [-0.2, -0.15) is 0 Å². The molecule has 0 aromatic heterocycles. The van der Waals surface area contributed by atoms with Crippen molar-refractivity contribution in [3.05, 3.63) is 0 Å². The summed E-state index contributed by atoms with van der Waals surface area (Å²) in [6, 6.07) is -0.256. The van der Waals surface area contributed by atoms with E-state index in [1.165, 1.54) is 0 Å². The van der Waals surface area contributed by atoms with Gasteiger partial charge in [0, 0.05) is 13.2 Å². The molecule has 0 bridgehead atoms. The molecular formula is C13H27NO3. The molecule has 0 fully saturated rings. The van der Waals surface area contributed by atoms with Crippen molar-refractivity contribution < 1.29 is 14.3 Å². The minimum absolute atomic E-state index is 0.138. The molecule has 4 nitrogen and oxygen atoms in total. The first kappa shape index (κ1) is 16.4. The molecule has 4 heteroatoms. The Morgan fingerprint density at radius 1 is 1.18 bits per heavy atom. The second kappa shape index (κ2) is 5.83. The molecule has 0 saturated heterocycles. The fourth-order valence-electron chi connectivity index (χ4n) is 1.25. The lowest BCUT2D eigenvalue weighted by molar-refractivity contribution is -0.164. The van der Waals surface area contributed by atoms with Crippen molar-refractivity contribution in [3.63, 3.8) is 0 Å². The van der Waals surface area contributed by atoms with Gasteiger partial charge in [0.25, 0.3) is 0 Å². The van der Waals surface area contributed by atoms with Crippen LogP contribution in [0.4, 0.5) is 0 Å². The average molecular weight is 245 g/mol. The van der Waals surface area contributed by atoms with Gasteiger partial charge in [-0.15, -0.1) is 0 Å². The van der Waals surface area contributed by atoms with E-state index in [1.54, 1.807) is 7.11 Å². The molecule has 0 aliphatic rings. The zero-order chi connectivity index (χ0) is 13.9. The highest BCUT2D eigenvalue weighted by atomic mass is 16.6. The van der Waals surface area contributed by atoms with Crippen molar-refractivity contribution in [2.24, 2.45) is 16.6 Å². The third kappa shape index (κ3) is 5.50. The maximum absolute atomic E-state index is 11.8. The summed E-state index contributed by atoms with van der Waals surface area (Å²) < 4.78 is 10.5. The van der Waals surface area contributed by atoms with E-state index in [0.717, 1.165) is 0 Å². The van der Waals surface area contributed by atoms with Crippen LogP contribution >= 0.6 is 0 Å². The fourth-order valence-corrected chi connectivity index (χ4v) is 1.25. The molecule has 2 unspecified atom stereocenters. The Morgan fingerprint density at radius 3 is 1.94 bits per heavy atom. The van der Waals surface area contributed by atoms with Crippen molar-refractivity contribution in [2.45, 2.75) is 53.7 Å². The molecule has 17 heavy (non-hydrogen) atoms. The minimum atomic E-state index is -0.524. The van der Waals surface area contributed by atoms with Gasteiger partial charge < -0.3 is 15.2 Å². The number of carbonyl (C=O) groups is 1. The topological polar surface area (TPSA) is 61.5 Å². The quantitative estimate of drug-likeness (QED) is 0.769. The summed E-state index contributed by atoms with van der Waals surface area (Å²) >= 11 is 0. The van der Waals surface area contributed by atoms with Crippen molar-refractivity contribution in [3.8, 4) is 0 Å². The summed E-state index contributed by atoms with van der Waals surface area (Å²) in [7, 11) is 1.58. The van der Waals surface area contributed by atoms with E-state index in [1.807, 2.05) is 41.5 Å². The molecule has 0 aromatic rings. The molecule has 2 atom stereocenters. The fraction of sp³-hybridized carbons (Fsp3) is 0.923. The Hall–Kier alpha value is -0.610. The third-order valence-corrected chi connectivity index (χ3v) is 2.60. The molecular weight excluding hydrogens is 218 g/mol. The Balaban J connectivity index is 4.71. The van der Waals surface area contributed by atoms with Crippen molar-refractivity contribution in [1.29, 1.82) is 0 Å². The van der Waals surface area contributed by atoms with E-state index in [2.05, 4.69) is 0 Å². The van der Waals surface area contributed by atoms with Crippen LogP contribution in [0, 0.1) is 10.8 Å². The highest BCUT2D eigenvalue weighted by Crippen LogP contribution is 2.24. The largest absolute Gasteiger partial charge is 0.458 e. The SMILES string of the molecule is COCC(OC(=O)C(C)(C)C)C(N)C(C)(C)C. The number of hydrogen-bond acceptors (Lipinski definition) is 4. The summed E-state index contributed by atoms with van der Waals surface area (Å²) in [5, 5.41) is 0. The van der Waals surface area contributed by atoms with Gasteiger partial charge in [-0.25, -0.2) is 0 Å². The van der Waals surface area contributed by atoms with E-state index in [0.29, 0.717) is 6.61 Å². The number of nitrogens with two attached hydrogens (primary N) is 1. The van der Waals surface area contributed by atoms with Crippen LogP contribution in [-0.2, 0) is 14.3 Å². The third-order valence-electron chi connectivity index (χ3n) is 2.60. The summed E-state index contributed by atoms with van der Waals surface area (Å²) in [6.07, 6.45) is -0.410. The molecule has 0 aromatic carbocycles. The van der Waals surface area contributed by atoms with E-state index < -0.39 is 11.5 Å². The summed E-state index contributed by atoms with van der Waals surface area (Å²) in [4.78, 5) is 11.8. The molecule has 0 spiro atoms. The predicted octanol–water partition coefficient (Wildman–Crippen LogP) is 1.96. The molecule has 2 N–H and O–H groups in total. The Kier molecular flexibility index (Phi) is 5.62. The lowest BCUT2D eigenvalue weighted by Gasteiger charge is -2.34. The van der Waals surface area contributed by atoms with Crippen LogP contribution in [0.1, 0.15) is 41.5 Å². The molecule has 0 amide bonds. The van der Waals surface area contributed by atoms with Gasteiger partial charge in [-0.3, -0.25) is 4.79 Å². The lowest BCUT2D eigenvalue weighted by Crippen LogP contribution is -2.50. The molecule has 0 heterocycles. The van der Waals surface area contributed by atoms with E-state index in [4.69, 9.17) is 15.2 Å². The van der Waals surface area contributed by atoms with E-state index >= 15 is 0 Å². The Bertz CT molecular complexity index is 250. The van der Waals surface area contributed by atoms with Crippen LogP contribution in [0.3, 0.4) is 0 Å². The van der Waals surface area contributed by atoms with Crippen LogP contribution in [0.25, 0.3) is 0 Å². The average Bonchev–Trinajstić information content (AvgIpc) is 2.12. The van der Waals surface area contributed by atoms with Crippen LogP contribution in [0.15, 0.2) is 0 Å². The zero-order valence-corrected chi connectivity index (χ0v) is 12.2. The molecule has 0 rings (SSSR count). The van der Waals surface area contributed by atoms with E-state index in [-0.39, 0.29) is 17.4 Å². The summed E-state index contributed by atoms with van der Waals surface area (Å²) in [5.74, 6) is -0.251. The molecule has 0 aliphatic carbocycles. The smallest absolute Gasteiger partial charge is 0.311 e. The first-order valence-corrected chi connectivity index (χ1v) is 5.95. The highest BCUT2D eigenvalue weighted by Gasteiger charge is 2.34. The number of hydrogen-bond donors (Lipinski definition) is 1. The van der Waals surface area contributed by atoms with Crippen molar-refractivity contribution in [2.75, 3.05) is 13.7 Å². The van der Waals surface area contributed by atoms with E-state index in [9.17, 15) is 4.79 Å². The summed E-state index contributed by atoms with van der Waals surface area (Å²) in [6.45, 7) is 11.8. The number of ether oxygens (including phenoxy) is 2. The first-order valence-electron chi connectivity index (χ1n) is 5.95. The maximum atomic E-state index is 11.8. The second-order valence-electron chi connectivity index (χ2n) is 6.54. The van der Waals surface area contributed by atoms with Gasteiger partial charge in [0.2, 0.25) is 0 Å². The second-order valence-corrected chi connectivity index (χ2v) is 6.54. The molecule has 0 saturated carbocycles. The number of rotatable bonds is 4. The van der Waals surface area contributed by atoms with Gasteiger partial charge in [-0.05, 0) is 26.2 Å². The van der Waals surface area contributed by atoms with Gasteiger partial charge in [-0.1, -0.05) is 20.8 Å². The van der Waals surface area contributed by atoms with Gasteiger partial charge in [0.1, 0.15) is 6.10 Å². The normalized spacial score (nSPS) is 16.5. The van der Waals surface area contributed by atoms with Crippen molar-refractivity contribution in [1.82, 2.24) is 0 Å². The van der Waals surface area contributed by atoms with Crippen LogP contribution in [0.2, 0.25) is 0 Å². The first-order chi connectivity index (χ1) is 7.50. The van der Waals surface area contributed by atoms with Gasteiger partial charge >= 0.3 is 5.97 Å². The van der Waals surface area contributed by atoms with Crippen LogP contribution in [0.5, 0.6) is 0 Å². The molecule has 0 radical (unpaired) electrons. The lowest BCUT2D eigenvalue weighted by atomic mass is 9.84. The Morgan fingerprint density at radius 2 is 1.65 bits per heavy atom. The molecule has 0 aliphatic heterocycles. The van der Waals surface area contributed by atoms with Gasteiger partial charge in [0.05, 0.1) is 12.0 Å². The molecule has 102 valence electrons. The highest BCUT2D eigenvalue weighted by molar-refractivity contribution is 5.75. The van der Waals surface area contributed by atoms with Crippen molar-refractivity contribution >= 4 is 5.97 Å². The number of esters is 1. The summed E-state index contributed by atoms with van der Waals surface area (Å²) in [5.41, 5.74) is 5.45. The predicted molar refractivity (Wildman–Crippen MR) is 68.6 cm³/mol. The maximum Gasteiger partial charge on any atom is 0.311 e.